The van der Waals surface area contributed by atoms with Crippen LogP contribution >= 0.6 is 23.0 Å². The third-order valence-electron chi connectivity index (χ3n) is 2.01. The van der Waals surface area contributed by atoms with Crippen molar-refractivity contribution in [3.05, 3.63) is 0 Å². The van der Waals surface area contributed by atoms with E-state index in [1.807, 2.05) is 0 Å². The average molecular weight is 260 g/mol. The highest BCUT2D eigenvalue weighted by atomic mass is 127. The van der Waals surface area contributed by atoms with E-state index >= 15 is 0 Å². The summed E-state index contributed by atoms with van der Waals surface area (Å²) in [5.74, 6) is 0. The summed E-state index contributed by atoms with van der Waals surface area (Å²) >= 11 is 1.77. The fourth-order valence-corrected chi connectivity index (χ4v) is 1.95. The maximum absolute atomic E-state index is 12.4. The van der Waals surface area contributed by atoms with Gasteiger partial charge in [-0.2, -0.15) is 0 Å². The number of aliphatic hydroxyl groups excluding tert-OH is 1. The highest BCUT2D eigenvalue weighted by Crippen LogP contribution is 2.43. The van der Waals surface area contributed by atoms with Crippen molar-refractivity contribution >= 4 is 23.0 Å². The number of alkyl halides is 1. The van der Waals surface area contributed by atoms with E-state index in [0.717, 1.165) is 0 Å². The molecule has 1 aliphatic rings. The van der Waals surface area contributed by atoms with Gasteiger partial charge in [-0.05, 0) is 12.8 Å². The Hall–Kier alpha value is 0.580. The van der Waals surface area contributed by atoms with Crippen LogP contribution in [0.3, 0.4) is 0 Å². The van der Waals surface area contributed by atoms with E-state index in [4.69, 9.17) is 8.17 Å². The molecular formula is C6H10FIO2. The summed E-state index contributed by atoms with van der Waals surface area (Å²) in [6.07, 6.45) is 0.178. The van der Waals surface area contributed by atoms with Gasteiger partial charge in [0, 0.05) is 5.41 Å². The van der Waals surface area contributed by atoms with Crippen LogP contribution in [0.15, 0.2) is 0 Å². The van der Waals surface area contributed by atoms with Gasteiger partial charge < -0.3 is 8.17 Å². The monoisotopic (exact) mass is 260 g/mol. The van der Waals surface area contributed by atoms with Crippen molar-refractivity contribution in [3.63, 3.8) is 0 Å². The van der Waals surface area contributed by atoms with Crippen LogP contribution in [0.1, 0.15) is 12.8 Å². The van der Waals surface area contributed by atoms with Crippen molar-refractivity contribution in [2.45, 2.75) is 19.0 Å². The average Bonchev–Trinajstić information content (AvgIpc) is 1.84. The highest BCUT2D eigenvalue weighted by molar-refractivity contribution is 14.1. The van der Waals surface area contributed by atoms with Crippen molar-refractivity contribution < 1.29 is 12.6 Å². The number of hydrogen-bond donors (Lipinski definition) is 1. The zero-order chi connectivity index (χ0) is 7.61. The van der Waals surface area contributed by atoms with E-state index in [0.29, 0.717) is 19.4 Å². The normalized spacial score (nSPS) is 39.3. The number of halogens is 2. The third kappa shape index (κ3) is 1.60. The molecule has 0 amide bonds. The predicted molar refractivity (Wildman–Crippen MR) is 43.6 cm³/mol. The van der Waals surface area contributed by atoms with E-state index in [2.05, 4.69) is 0 Å². The van der Waals surface area contributed by atoms with Gasteiger partial charge in [-0.3, -0.25) is 0 Å². The third-order valence-corrected chi connectivity index (χ3v) is 2.32. The largest absolute Gasteiger partial charge is 0.396 e. The van der Waals surface area contributed by atoms with Crippen molar-refractivity contribution in [3.8, 4) is 0 Å². The van der Waals surface area contributed by atoms with Crippen LogP contribution in [-0.4, -0.2) is 24.5 Å². The molecule has 10 heavy (non-hydrogen) atoms. The second kappa shape index (κ2) is 3.32. The molecule has 0 atom stereocenters. The number of rotatable bonds is 3. The Labute approximate surface area is 73.4 Å². The zero-order valence-corrected chi connectivity index (χ0v) is 7.67. The molecule has 1 fully saturated rings. The predicted octanol–water partition coefficient (Wildman–Crippen LogP) is 1.46. The van der Waals surface area contributed by atoms with Gasteiger partial charge in [0.05, 0.1) is 13.2 Å². The molecule has 2 nitrogen and oxygen atoms in total. The Morgan fingerprint density at radius 1 is 1.70 bits per heavy atom. The molecule has 4 heteroatoms. The highest BCUT2D eigenvalue weighted by Gasteiger charge is 2.44. The SMILES string of the molecule is OCC1(COI)CC(F)C1. The van der Waals surface area contributed by atoms with Crippen LogP contribution < -0.4 is 0 Å². The first kappa shape index (κ1) is 8.67. The summed E-state index contributed by atoms with van der Waals surface area (Å²) in [7, 11) is 0. The lowest BCUT2D eigenvalue weighted by Gasteiger charge is -2.41. The van der Waals surface area contributed by atoms with Gasteiger partial charge in [0.2, 0.25) is 0 Å². The zero-order valence-electron chi connectivity index (χ0n) is 5.52. The standard InChI is InChI=1S/C6H10FIO2/c7-5-1-6(2-5,3-9)4-10-8/h5,9H,1-4H2. The molecule has 1 saturated carbocycles. The molecule has 0 heterocycles. The van der Waals surface area contributed by atoms with Gasteiger partial charge in [-0.25, -0.2) is 4.39 Å². The van der Waals surface area contributed by atoms with Gasteiger partial charge in [-0.15, -0.1) is 0 Å². The molecule has 1 rings (SSSR count). The van der Waals surface area contributed by atoms with Crippen LogP contribution in [0, 0.1) is 5.41 Å². The fraction of sp³-hybridized carbons (Fsp3) is 1.00. The minimum absolute atomic E-state index is 0.0381. The maximum Gasteiger partial charge on any atom is 0.109 e. The van der Waals surface area contributed by atoms with E-state index in [1.54, 1.807) is 23.0 Å². The lowest BCUT2D eigenvalue weighted by molar-refractivity contribution is -0.0442. The second-order valence-electron chi connectivity index (χ2n) is 2.92. The van der Waals surface area contributed by atoms with Gasteiger partial charge in [-0.1, -0.05) is 0 Å². The molecule has 0 unspecified atom stereocenters. The molecule has 0 aromatic heterocycles. The Morgan fingerprint density at radius 2 is 2.30 bits per heavy atom. The Kier molecular flexibility index (Phi) is 2.88. The van der Waals surface area contributed by atoms with Crippen LogP contribution in [-0.2, 0) is 3.07 Å². The molecule has 0 spiro atoms. The lowest BCUT2D eigenvalue weighted by atomic mass is 9.69. The summed E-state index contributed by atoms with van der Waals surface area (Å²) < 4.78 is 17.2. The summed E-state index contributed by atoms with van der Waals surface area (Å²) in [6.45, 7) is 0.501. The van der Waals surface area contributed by atoms with Gasteiger partial charge in [0.15, 0.2) is 0 Å². The van der Waals surface area contributed by atoms with Gasteiger partial charge in [0.1, 0.15) is 29.2 Å². The van der Waals surface area contributed by atoms with Crippen molar-refractivity contribution in [2.75, 3.05) is 13.2 Å². The molecule has 0 saturated heterocycles. The van der Waals surface area contributed by atoms with Gasteiger partial charge >= 0.3 is 0 Å². The molecule has 0 aliphatic heterocycles. The number of hydrogen-bond acceptors (Lipinski definition) is 2. The molecule has 0 aromatic rings. The van der Waals surface area contributed by atoms with Gasteiger partial charge in [0.25, 0.3) is 0 Å². The van der Waals surface area contributed by atoms with Crippen LogP contribution in [0.5, 0.6) is 0 Å². The first-order valence-electron chi connectivity index (χ1n) is 3.21. The molecule has 0 aromatic carbocycles. The van der Waals surface area contributed by atoms with E-state index < -0.39 is 6.17 Å². The summed E-state index contributed by atoms with van der Waals surface area (Å²) in [5.41, 5.74) is -0.263. The minimum Gasteiger partial charge on any atom is -0.396 e. The molecule has 60 valence electrons. The first-order valence-corrected chi connectivity index (χ1v) is 4.09. The molecular weight excluding hydrogens is 250 g/mol. The van der Waals surface area contributed by atoms with Crippen LogP contribution in [0.4, 0.5) is 4.39 Å². The Balaban J connectivity index is 2.32. The maximum atomic E-state index is 12.4. The summed E-state index contributed by atoms with van der Waals surface area (Å²) in [4.78, 5) is 0. The fourth-order valence-electron chi connectivity index (χ4n) is 1.29. The molecule has 1 aliphatic carbocycles. The second-order valence-corrected chi connectivity index (χ2v) is 3.54. The van der Waals surface area contributed by atoms with E-state index in [-0.39, 0.29) is 12.0 Å². The topological polar surface area (TPSA) is 29.5 Å². The Bertz CT molecular complexity index is 109. The van der Waals surface area contributed by atoms with E-state index in [1.165, 1.54) is 0 Å². The Morgan fingerprint density at radius 3 is 2.60 bits per heavy atom. The van der Waals surface area contributed by atoms with Crippen LogP contribution in [0.25, 0.3) is 0 Å². The summed E-state index contributed by atoms with van der Waals surface area (Å²) in [5, 5.41) is 8.84. The van der Waals surface area contributed by atoms with Crippen molar-refractivity contribution in [2.24, 2.45) is 5.41 Å². The lowest BCUT2D eigenvalue weighted by Crippen LogP contribution is -2.44. The number of aliphatic hydroxyl groups is 1. The quantitative estimate of drug-likeness (QED) is 0.778. The van der Waals surface area contributed by atoms with E-state index in [9.17, 15) is 4.39 Å². The molecule has 1 N–H and O–H groups in total. The van der Waals surface area contributed by atoms with Crippen molar-refractivity contribution in [1.82, 2.24) is 0 Å². The van der Waals surface area contributed by atoms with Crippen molar-refractivity contribution in [1.29, 1.82) is 0 Å². The van der Waals surface area contributed by atoms with Crippen LogP contribution in [0.2, 0.25) is 0 Å². The smallest absolute Gasteiger partial charge is 0.109 e. The summed E-state index contributed by atoms with van der Waals surface area (Å²) in [6, 6.07) is 0. The molecule has 0 bridgehead atoms. The first-order chi connectivity index (χ1) is 4.72. The minimum atomic E-state index is -0.723. The molecule has 0 radical (unpaired) electrons.